The molecule has 0 unspecified atom stereocenters. The van der Waals surface area contributed by atoms with Gasteiger partial charge in [0.05, 0.1) is 11.2 Å². The van der Waals surface area contributed by atoms with Crippen molar-refractivity contribution in [3.63, 3.8) is 0 Å². The van der Waals surface area contributed by atoms with Gasteiger partial charge in [-0.15, -0.1) is 0 Å². The molecule has 0 radical (unpaired) electrons. The lowest BCUT2D eigenvalue weighted by Crippen LogP contribution is -2.41. The van der Waals surface area contributed by atoms with Crippen LogP contribution in [0.3, 0.4) is 0 Å². The Morgan fingerprint density at radius 2 is 1.29 bits per heavy atom. The lowest BCUT2D eigenvalue weighted by molar-refractivity contribution is 0.00578. The third kappa shape index (κ3) is 1.34. The summed E-state index contributed by atoms with van der Waals surface area (Å²) >= 11 is 0. The molecule has 78 valence electrons. The molecule has 14 heavy (non-hydrogen) atoms. The van der Waals surface area contributed by atoms with Crippen LogP contribution in [0.4, 0.5) is 0 Å². The minimum Gasteiger partial charge on any atom is -0.400 e. The average molecular weight is 194 g/mol. The van der Waals surface area contributed by atoms with Gasteiger partial charge in [0.15, 0.2) is 0 Å². The van der Waals surface area contributed by atoms with Gasteiger partial charge in [-0.1, -0.05) is 19.9 Å². The molecular formula is C11H19BO2. The highest BCUT2D eigenvalue weighted by Crippen LogP contribution is 2.50. The molecule has 2 rings (SSSR count). The smallest absolute Gasteiger partial charge is 0.400 e. The van der Waals surface area contributed by atoms with Crippen molar-refractivity contribution < 1.29 is 9.31 Å². The van der Waals surface area contributed by atoms with E-state index in [1.807, 2.05) is 0 Å². The Bertz CT molecular complexity index is 286. The second kappa shape index (κ2) is 2.45. The Morgan fingerprint density at radius 3 is 1.57 bits per heavy atom. The molecule has 0 saturated carbocycles. The largest absolute Gasteiger partial charge is 0.491 e. The van der Waals surface area contributed by atoms with Crippen LogP contribution in [0.15, 0.2) is 11.5 Å². The predicted octanol–water partition coefficient (Wildman–Crippen LogP) is 2.58. The highest BCUT2D eigenvalue weighted by atomic mass is 16.7. The van der Waals surface area contributed by atoms with Crippen LogP contribution in [0.1, 0.15) is 41.5 Å². The summed E-state index contributed by atoms with van der Waals surface area (Å²) in [6, 6.07) is 0. The topological polar surface area (TPSA) is 18.5 Å². The van der Waals surface area contributed by atoms with Gasteiger partial charge in [0.2, 0.25) is 0 Å². The Kier molecular flexibility index (Phi) is 1.79. The highest BCUT2D eigenvalue weighted by molar-refractivity contribution is 6.56. The molecule has 2 nitrogen and oxygen atoms in total. The third-order valence-electron chi connectivity index (χ3n) is 3.68. The van der Waals surface area contributed by atoms with E-state index in [9.17, 15) is 0 Å². The molecule has 0 spiro atoms. The number of allylic oxidation sites excluding steroid dienone is 2. The Labute approximate surface area is 86.8 Å². The first-order chi connectivity index (χ1) is 6.16. The van der Waals surface area contributed by atoms with E-state index in [-0.39, 0.29) is 23.7 Å². The number of hydrogen-bond donors (Lipinski definition) is 0. The maximum atomic E-state index is 5.93. The van der Waals surface area contributed by atoms with Gasteiger partial charge in [-0.2, -0.15) is 0 Å². The Hall–Kier alpha value is -0.275. The zero-order valence-corrected chi connectivity index (χ0v) is 9.97. The monoisotopic (exact) mass is 194 g/mol. The maximum Gasteiger partial charge on any atom is 0.491 e. The van der Waals surface area contributed by atoms with E-state index >= 15 is 0 Å². The van der Waals surface area contributed by atoms with E-state index in [0.29, 0.717) is 0 Å². The molecular weight excluding hydrogens is 175 g/mol. The van der Waals surface area contributed by atoms with Crippen molar-refractivity contribution in [3.05, 3.63) is 11.5 Å². The van der Waals surface area contributed by atoms with E-state index in [2.05, 4.69) is 47.6 Å². The number of hydrogen-bond acceptors (Lipinski definition) is 2. The van der Waals surface area contributed by atoms with Crippen molar-refractivity contribution in [2.24, 2.45) is 5.41 Å². The molecule has 0 aromatic carbocycles. The van der Waals surface area contributed by atoms with Crippen LogP contribution in [-0.4, -0.2) is 18.3 Å². The fourth-order valence-corrected chi connectivity index (χ4v) is 1.69. The minimum atomic E-state index is -0.211. The van der Waals surface area contributed by atoms with Crippen LogP contribution >= 0.6 is 0 Å². The highest BCUT2D eigenvalue weighted by Gasteiger charge is 2.57. The van der Waals surface area contributed by atoms with Crippen molar-refractivity contribution in [1.29, 1.82) is 0 Å². The summed E-state index contributed by atoms with van der Waals surface area (Å²) in [7, 11) is -0.130. The van der Waals surface area contributed by atoms with E-state index in [0.717, 1.165) is 0 Å². The Balaban J connectivity index is 2.12. The first kappa shape index (κ1) is 10.2. The average Bonchev–Trinajstić information content (AvgIpc) is 2.49. The molecule has 0 atom stereocenters. The molecule has 1 aliphatic carbocycles. The van der Waals surface area contributed by atoms with Crippen molar-refractivity contribution in [3.8, 4) is 0 Å². The van der Waals surface area contributed by atoms with E-state index in [1.165, 1.54) is 5.47 Å². The van der Waals surface area contributed by atoms with Gasteiger partial charge < -0.3 is 9.31 Å². The quantitative estimate of drug-likeness (QED) is 0.597. The molecule has 2 aliphatic rings. The Morgan fingerprint density at radius 1 is 0.929 bits per heavy atom. The summed E-state index contributed by atoms with van der Waals surface area (Å²) in [5.41, 5.74) is 1.08. The second-order valence-corrected chi connectivity index (χ2v) is 5.91. The fraction of sp³-hybridized carbons (Fsp3) is 0.818. The molecule has 3 heteroatoms. The van der Waals surface area contributed by atoms with Crippen LogP contribution in [-0.2, 0) is 9.31 Å². The van der Waals surface area contributed by atoms with Crippen molar-refractivity contribution >= 4 is 7.12 Å². The fourth-order valence-electron chi connectivity index (χ4n) is 1.69. The van der Waals surface area contributed by atoms with Crippen molar-refractivity contribution in [2.75, 3.05) is 0 Å². The van der Waals surface area contributed by atoms with Crippen LogP contribution in [0.25, 0.3) is 0 Å². The summed E-state index contributed by atoms with van der Waals surface area (Å²) in [6.07, 6.45) is 2.22. The number of rotatable bonds is 1. The van der Waals surface area contributed by atoms with Crippen molar-refractivity contribution in [2.45, 2.75) is 52.7 Å². The van der Waals surface area contributed by atoms with Crippen LogP contribution < -0.4 is 0 Å². The normalized spacial score (nSPS) is 31.6. The standard InChI is InChI=1S/C11H19BO2/c1-9(2)7-8(9)12-13-10(3,4)11(5,6)14-12/h7H,1-6H3. The van der Waals surface area contributed by atoms with Gasteiger partial charge in [0, 0.05) is 5.41 Å². The van der Waals surface area contributed by atoms with E-state index in [4.69, 9.17) is 9.31 Å². The first-order valence-corrected chi connectivity index (χ1v) is 5.25. The predicted molar refractivity (Wildman–Crippen MR) is 57.9 cm³/mol. The summed E-state index contributed by atoms with van der Waals surface area (Å²) in [5, 5.41) is 0. The van der Waals surface area contributed by atoms with Crippen LogP contribution in [0.5, 0.6) is 0 Å². The van der Waals surface area contributed by atoms with Crippen LogP contribution in [0, 0.1) is 5.41 Å². The van der Waals surface area contributed by atoms with Gasteiger partial charge in [0.1, 0.15) is 0 Å². The summed E-state index contributed by atoms with van der Waals surface area (Å²) in [4.78, 5) is 0. The third-order valence-corrected chi connectivity index (χ3v) is 3.68. The molecule has 1 heterocycles. The minimum absolute atomic E-state index is 0.130. The molecule has 0 aromatic rings. The SMILES string of the molecule is CC1(C)C=C1B1OC(C)(C)C(C)(C)O1. The first-order valence-electron chi connectivity index (χ1n) is 5.25. The van der Waals surface area contributed by atoms with Crippen LogP contribution in [0.2, 0.25) is 0 Å². The molecule has 0 N–H and O–H groups in total. The van der Waals surface area contributed by atoms with Gasteiger partial charge in [-0.05, 0) is 33.2 Å². The molecule has 1 aliphatic heterocycles. The van der Waals surface area contributed by atoms with Crippen molar-refractivity contribution in [1.82, 2.24) is 0 Å². The van der Waals surface area contributed by atoms with E-state index < -0.39 is 0 Å². The molecule has 1 fully saturated rings. The lowest BCUT2D eigenvalue weighted by Gasteiger charge is -2.32. The summed E-state index contributed by atoms with van der Waals surface area (Å²) < 4.78 is 11.9. The lowest BCUT2D eigenvalue weighted by atomic mass is 9.79. The summed E-state index contributed by atoms with van der Waals surface area (Å²) in [5.74, 6) is 0. The summed E-state index contributed by atoms with van der Waals surface area (Å²) in [6.45, 7) is 12.7. The zero-order chi connectivity index (χ0) is 10.8. The van der Waals surface area contributed by atoms with Gasteiger partial charge in [-0.25, -0.2) is 0 Å². The molecule has 0 amide bonds. The zero-order valence-electron chi connectivity index (χ0n) is 9.97. The van der Waals surface area contributed by atoms with Gasteiger partial charge in [0.25, 0.3) is 0 Å². The van der Waals surface area contributed by atoms with Gasteiger partial charge >= 0.3 is 7.12 Å². The molecule has 0 aromatic heterocycles. The molecule has 0 bridgehead atoms. The molecule has 1 saturated heterocycles. The second-order valence-electron chi connectivity index (χ2n) is 5.91. The van der Waals surface area contributed by atoms with E-state index in [1.54, 1.807) is 0 Å². The maximum absolute atomic E-state index is 5.93. The van der Waals surface area contributed by atoms with Gasteiger partial charge in [-0.3, -0.25) is 0 Å².